The van der Waals surface area contributed by atoms with Gasteiger partial charge in [0, 0.05) is 24.1 Å². The van der Waals surface area contributed by atoms with Crippen molar-refractivity contribution >= 4 is 38.1 Å². The Morgan fingerprint density at radius 3 is 3.13 bits per heavy atom. The quantitative estimate of drug-likeness (QED) is 0.202. The van der Waals surface area contributed by atoms with Crippen LogP contribution in [0.2, 0.25) is 0 Å². The Labute approximate surface area is 138 Å². The summed E-state index contributed by atoms with van der Waals surface area (Å²) in [5.41, 5.74) is 6.93. The van der Waals surface area contributed by atoms with E-state index >= 15 is 0 Å². The summed E-state index contributed by atoms with van der Waals surface area (Å²) < 4.78 is 0. The van der Waals surface area contributed by atoms with Crippen LogP contribution in [0.25, 0.3) is 0 Å². The zero-order chi connectivity index (χ0) is 16.2. The Morgan fingerprint density at radius 2 is 2.39 bits per heavy atom. The van der Waals surface area contributed by atoms with Crippen LogP contribution in [0.3, 0.4) is 0 Å². The van der Waals surface area contributed by atoms with Gasteiger partial charge < -0.3 is 16.5 Å². The number of nitrogens with zero attached hydrogens (tertiary/aromatic N) is 5. The maximum atomic E-state index is 5.80. The van der Waals surface area contributed by atoms with Crippen LogP contribution in [0.4, 0.5) is 11.5 Å². The fourth-order valence-corrected chi connectivity index (χ4v) is 4.60. The fraction of sp³-hybridized carbons (Fsp3) is 0.533. The Bertz CT molecular complexity index is 703. The first kappa shape index (κ1) is 14.8. The number of pyridine rings is 1. The molecule has 2 saturated heterocycles. The highest BCUT2D eigenvalue weighted by Gasteiger charge is 2.71. The average Bonchev–Trinajstić information content (AvgIpc) is 2.82. The van der Waals surface area contributed by atoms with Crippen molar-refractivity contribution in [2.45, 2.75) is 31.3 Å². The number of hydrazone groups is 1. The topological polar surface area (TPSA) is 95.9 Å². The van der Waals surface area contributed by atoms with Crippen LogP contribution in [0.1, 0.15) is 19.8 Å². The second-order valence-electron chi connectivity index (χ2n) is 6.75. The van der Waals surface area contributed by atoms with Crippen LogP contribution in [0.5, 0.6) is 0 Å². The van der Waals surface area contributed by atoms with E-state index in [1.165, 1.54) is 12.8 Å². The van der Waals surface area contributed by atoms with E-state index in [1.807, 2.05) is 6.07 Å². The number of hydrogen-bond acceptors (Lipinski definition) is 6. The van der Waals surface area contributed by atoms with Gasteiger partial charge in [0.15, 0.2) is 5.84 Å². The van der Waals surface area contributed by atoms with Gasteiger partial charge in [-0.25, -0.2) is 4.98 Å². The molecule has 3 heterocycles. The number of fused-ring (bicyclic) bond motifs is 1. The number of anilines is 1. The number of nitrogens with two attached hydrogens (primary N) is 2. The molecule has 5 atom stereocenters. The van der Waals surface area contributed by atoms with Crippen molar-refractivity contribution in [2.75, 3.05) is 18.9 Å². The van der Waals surface area contributed by atoms with Gasteiger partial charge in [-0.1, -0.05) is 16.2 Å². The monoisotopic (exact) mass is 331 g/mol. The van der Waals surface area contributed by atoms with Crippen LogP contribution in [0, 0.1) is 5.92 Å². The van der Waals surface area contributed by atoms with Crippen LogP contribution in [0.15, 0.2) is 22.4 Å². The van der Waals surface area contributed by atoms with Gasteiger partial charge in [0.1, 0.15) is 5.82 Å². The first-order valence-corrected chi connectivity index (χ1v) is 8.48. The van der Waals surface area contributed by atoms with Gasteiger partial charge in [0.25, 0.3) is 0 Å². The Hall–Kier alpha value is -1.72. The minimum atomic E-state index is 0.371. The molecule has 1 aromatic rings. The van der Waals surface area contributed by atoms with E-state index in [1.54, 1.807) is 12.4 Å². The van der Waals surface area contributed by atoms with Gasteiger partial charge in [-0.15, -0.1) is 0 Å². The van der Waals surface area contributed by atoms with Crippen molar-refractivity contribution in [3.63, 3.8) is 0 Å². The molecule has 0 amide bonds. The summed E-state index contributed by atoms with van der Waals surface area (Å²) in [7, 11) is 2.57. The first-order chi connectivity index (χ1) is 11.1. The summed E-state index contributed by atoms with van der Waals surface area (Å²) in [6, 6.07) is 2.58. The summed E-state index contributed by atoms with van der Waals surface area (Å²) >= 11 is 0. The highest BCUT2D eigenvalue weighted by molar-refractivity contribution is 7.28. The second kappa shape index (κ2) is 5.14. The molecule has 0 aromatic carbocycles. The zero-order valence-electron chi connectivity index (χ0n) is 13.2. The predicted octanol–water partition coefficient (Wildman–Crippen LogP) is 0.265. The van der Waals surface area contributed by atoms with Crippen molar-refractivity contribution in [2.24, 2.45) is 21.9 Å². The van der Waals surface area contributed by atoms with Crippen molar-refractivity contribution in [3.8, 4) is 0 Å². The summed E-state index contributed by atoms with van der Waals surface area (Å²) in [6.45, 7) is 4.25. The SMILES string of the molecule is CC1CCC23CN(C(/C=N\c4ccnc(N)c4P)=N/N)CN2C13. The highest BCUT2D eigenvalue weighted by atomic mass is 31.0. The molecule has 4 rings (SSSR count). The van der Waals surface area contributed by atoms with E-state index in [0.29, 0.717) is 17.2 Å². The van der Waals surface area contributed by atoms with Gasteiger partial charge in [-0.3, -0.25) is 9.89 Å². The molecule has 1 saturated carbocycles. The van der Waals surface area contributed by atoms with E-state index in [2.05, 4.69) is 41.0 Å². The molecule has 0 radical (unpaired) electrons. The molecule has 23 heavy (non-hydrogen) atoms. The maximum Gasteiger partial charge on any atom is 0.167 e. The smallest absolute Gasteiger partial charge is 0.167 e. The molecule has 122 valence electrons. The number of amidine groups is 1. The Morgan fingerprint density at radius 1 is 1.57 bits per heavy atom. The third-order valence-electron chi connectivity index (χ3n) is 5.52. The third kappa shape index (κ3) is 2.14. The molecular formula is C15H22N7P. The number of rotatable bonds is 2. The molecule has 5 unspecified atom stereocenters. The predicted molar refractivity (Wildman–Crippen MR) is 96.1 cm³/mol. The molecular weight excluding hydrogens is 309 g/mol. The van der Waals surface area contributed by atoms with E-state index in [4.69, 9.17) is 11.6 Å². The molecule has 1 spiro atoms. The van der Waals surface area contributed by atoms with Gasteiger partial charge in [-0.2, -0.15) is 5.10 Å². The number of aromatic nitrogens is 1. The van der Waals surface area contributed by atoms with Crippen molar-refractivity contribution in [1.82, 2.24) is 14.8 Å². The van der Waals surface area contributed by atoms with E-state index < -0.39 is 0 Å². The molecule has 1 aromatic heterocycles. The van der Waals surface area contributed by atoms with E-state index in [-0.39, 0.29) is 0 Å². The molecule has 7 nitrogen and oxygen atoms in total. The van der Waals surface area contributed by atoms with Crippen LogP contribution in [-0.2, 0) is 0 Å². The average molecular weight is 331 g/mol. The third-order valence-corrected chi connectivity index (χ3v) is 6.11. The number of nitrogen functional groups attached to an aromatic ring is 1. The first-order valence-electron chi connectivity index (χ1n) is 7.90. The molecule has 1 aliphatic carbocycles. The molecule has 3 fully saturated rings. The van der Waals surface area contributed by atoms with Crippen LogP contribution >= 0.6 is 9.24 Å². The summed E-state index contributed by atoms with van der Waals surface area (Å²) in [4.78, 5) is 13.3. The fourth-order valence-electron chi connectivity index (χ4n) is 4.35. The van der Waals surface area contributed by atoms with Crippen molar-refractivity contribution < 1.29 is 0 Å². The molecule has 2 aliphatic heterocycles. The Balaban J connectivity index is 1.49. The minimum Gasteiger partial charge on any atom is -0.383 e. The van der Waals surface area contributed by atoms with E-state index in [0.717, 1.165) is 36.2 Å². The van der Waals surface area contributed by atoms with Crippen molar-refractivity contribution in [1.29, 1.82) is 0 Å². The van der Waals surface area contributed by atoms with E-state index in [9.17, 15) is 0 Å². The van der Waals surface area contributed by atoms with Gasteiger partial charge >= 0.3 is 0 Å². The summed E-state index contributed by atoms with van der Waals surface area (Å²) in [5, 5.41) is 4.72. The number of hydrogen-bond donors (Lipinski definition) is 2. The highest BCUT2D eigenvalue weighted by Crippen LogP contribution is 2.59. The van der Waals surface area contributed by atoms with Crippen LogP contribution in [-0.4, -0.2) is 51.6 Å². The second-order valence-corrected chi connectivity index (χ2v) is 7.33. The standard InChI is InChI=1S/C15H22N7P/c1-9-2-4-15-7-21(8-22(15)13(9)15)11(20-17)6-19-10-3-5-18-14(16)12(10)23/h3,5-6,9,13H,2,4,7-8,17,23H2,1H3,(H2,16,18)/b19-6-,20-11+. The molecule has 4 N–H and O–H groups in total. The van der Waals surface area contributed by atoms with Crippen molar-refractivity contribution in [3.05, 3.63) is 12.3 Å². The van der Waals surface area contributed by atoms with Gasteiger partial charge in [0.2, 0.25) is 0 Å². The largest absolute Gasteiger partial charge is 0.383 e. The summed E-state index contributed by atoms with van der Waals surface area (Å²) in [6.07, 6.45) is 5.97. The molecule has 3 aliphatic rings. The van der Waals surface area contributed by atoms with Crippen LogP contribution < -0.4 is 16.9 Å². The normalized spacial score (nSPS) is 35.7. The number of aliphatic imine (C=N–C) groups is 1. The number of piperidine rings is 1. The lowest BCUT2D eigenvalue weighted by Crippen LogP contribution is -2.37. The molecule has 8 heteroatoms. The van der Waals surface area contributed by atoms with Gasteiger partial charge in [0.05, 0.1) is 24.1 Å². The lowest BCUT2D eigenvalue weighted by molar-refractivity contribution is 0.333. The zero-order valence-corrected chi connectivity index (χ0v) is 14.3. The lowest BCUT2D eigenvalue weighted by atomic mass is 10.1. The lowest BCUT2D eigenvalue weighted by Gasteiger charge is -2.21. The molecule has 0 bridgehead atoms. The maximum absolute atomic E-state index is 5.80. The van der Waals surface area contributed by atoms with Gasteiger partial charge in [-0.05, 0) is 24.8 Å². The Kier molecular flexibility index (Phi) is 3.32. The minimum absolute atomic E-state index is 0.371. The summed E-state index contributed by atoms with van der Waals surface area (Å²) in [5.74, 6) is 7.59.